The Bertz CT molecular complexity index is 1180. The number of fused-ring (bicyclic) bond motifs is 1. The maximum absolute atomic E-state index is 13.9. The number of H-pyrrole nitrogens is 1. The number of aromatic amines is 1. The Morgan fingerprint density at radius 1 is 1.31 bits per heavy atom. The van der Waals surface area contributed by atoms with E-state index in [-0.39, 0.29) is 11.7 Å². The van der Waals surface area contributed by atoms with Gasteiger partial charge in [-0.15, -0.1) is 0 Å². The maximum atomic E-state index is 13.9. The molecule has 0 aliphatic carbocycles. The number of rotatable bonds is 5. The van der Waals surface area contributed by atoms with Crippen LogP contribution in [0, 0.1) is 5.82 Å². The molecule has 1 atom stereocenters. The number of nitrogens with zero attached hydrogens (tertiary/aromatic N) is 2. The Labute approximate surface area is 168 Å². The van der Waals surface area contributed by atoms with Crippen molar-refractivity contribution in [1.82, 2.24) is 14.3 Å². The lowest BCUT2D eigenvalue weighted by atomic mass is 10.1. The highest BCUT2D eigenvalue weighted by molar-refractivity contribution is 7.88. The van der Waals surface area contributed by atoms with Gasteiger partial charge < -0.3 is 10.3 Å². The van der Waals surface area contributed by atoms with Gasteiger partial charge in [-0.1, -0.05) is 18.2 Å². The molecule has 1 amide bonds. The lowest BCUT2D eigenvalue weighted by molar-refractivity contribution is -0.119. The van der Waals surface area contributed by atoms with Gasteiger partial charge in [0, 0.05) is 18.7 Å². The van der Waals surface area contributed by atoms with Crippen LogP contribution >= 0.6 is 0 Å². The molecule has 0 radical (unpaired) electrons. The zero-order chi connectivity index (χ0) is 20.6. The fraction of sp³-hybridized carbons (Fsp3) is 0.300. The van der Waals surface area contributed by atoms with Crippen LogP contribution in [0.15, 0.2) is 42.5 Å². The van der Waals surface area contributed by atoms with Gasteiger partial charge in [0.25, 0.3) is 0 Å². The molecule has 1 aliphatic rings. The van der Waals surface area contributed by atoms with Crippen LogP contribution < -0.4 is 5.32 Å². The van der Waals surface area contributed by atoms with Crippen LogP contribution in [0.25, 0.3) is 11.0 Å². The second-order valence-electron chi connectivity index (χ2n) is 7.20. The Morgan fingerprint density at radius 3 is 2.86 bits per heavy atom. The first kappa shape index (κ1) is 19.5. The molecule has 0 bridgehead atoms. The van der Waals surface area contributed by atoms with Gasteiger partial charge in [-0.2, -0.15) is 4.31 Å². The molecule has 1 aromatic heterocycles. The molecule has 1 saturated heterocycles. The number of amides is 1. The molecule has 2 heterocycles. The van der Waals surface area contributed by atoms with Gasteiger partial charge in [0.05, 0.1) is 17.3 Å². The van der Waals surface area contributed by atoms with Crippen molar-refractivity contribution in [3.05, 3.63) is 59.7 Å². The van der Waals surface area contributed by atoms with Gasteiger partial charge >= 0.3 is 0 Å². The number of imidazole rings is 1. The predicted octanol–water partition coefficient (Wildman–Crippen LogP) is 2.66. The fourth-order valence-corrected chi connectivity index (χ4v) is 4.79. The summed E-state index contributed by atoms with van der Waals surface area (Å²) in [5.74, 6) is -0.0149. The number of hydrogen-bond donors (Lipinski definition) is 2. The number of benzene rings is 2. The van der Waals surface area contributed by atoms with Crippen LogP contribution in [-0.4, -0.2) is 47.4 Å². The van der Waals surface area contributed by atoms with Gasteiger partial charge in [0.15, 0.2) is 0 Å². The summed E-state index contributed by atoms with van der Waals surface area (Å²) >= 11 is 0. The van der Waals surface area contributed by atoms with E-state index in [0.717, 1.165) is 6.26 Å². The van der Waals surface area contributed by atoms with E-state index in [0.29, 0.717) is 53.9 Å². The lowest BCUT2D eigenvalue weighted by Crippen LogP contribution is -2.42. The van der Waals surface area contributed by atoms with Crippen molar-refractivity contribution in [3.63, 3.8) is 0 Å². The molecule has 3 aromatic rings. The minimum absolute atomic E-state index is 0.284. The first-order valence-electron chi connectivity index (χ1n) is 9.31. The molecule has 1 fully saturated rings. The predicted molar refractivity (Wildman–Crippen MR) is 109 cm³/mol. The van der Waals surface area contributed by atoms with Crippen molar-refractivity contribution in [2.45, 2.75) is 25.3 Å². The van der Waals surface area contributed by atoms with Crippen molar-refractivity contribution in [3.8, 4) is 0 Å². The number of aromatic nitrogens is 2. The van der Waals surface area contributed by atoms with E-state index in [1.807, 2.05) is 0 Å². The van der Waals surface area contributed by atoms with E-state index < -0.39 is 16.1 Å². The van der Waals surface area contributed by atoms with Crippen LogP contribution in [0.5, 0.6) is 0 Å². The fourth-order valence-electron chi connectivity index (χ4n) is 3.67. The van der Waals surface area contributed by atoms with E-state index in [4.69, 9.17) is 0 Å². The van der Waals surface area contributed by atoms with Crippen LogP contribution in [0.3, 0.4) is 0 Å². The highest BCUT2D eigenvalue weighted by Crippen LogP contribution is 2.23. The zero-order valence-electron chi connectivity index (χ0n) is 15.9. The van der Waals surface area contributed by atoms with E-state index in [1.54, 1.807) is 36.4 Å². The van der Waals surface area contributed by atoms with Crippen LogP contribution in [-0.2, 0) is 21.2 Å². The normalized spacial score (nSPS) is 17.7. The maximum Gasteiger partial charge on any atom is 0.242 e. The molecule has 0 spiro atoms. The van der Waals surface area contributed by atoms with Crippen molar-refractivity contribution >= 4 is 32.7 Å². The average molecular weight is 416 g/mol. The number of hydrogen-bond acceptors (Lipinski definition) is 4. The summed E-state index contributed by atoms with van der Waals surface area (Å²) in [7, 11) is -3.43. The number of carbonyl (C=O) groups excluding carboxylic acids is 1. The van der Waals surface area contributed by atoms with E-state index in [9.17, 15) is 17.6 Å². The summed E-state index contributed by atoms with van der Waals surface area (Å²) in [5.41, 5.74) is 2.50. The molecule has 4 rings (SSSR count). The minimum Gasteiger partial charge on any atom is -0.342 e. The van der Waals surface area contributed by atoms with Crippen LogP contribution in [0.4, 0.5) is 10.1 Å². The third kappa shape index (κ3) is 4.15. The molecule has 7 nitrogen and oxygen atoms in total. The molecule has 9 heteroatoms. The first-order chi connectivity index (χ1) is 13.8. The quantitative estimate of drug-likeness (QED) is 0.669. The number of nitrogens with one attached hydrogen (secondary N) is 2. The Hall–Kier alpha value is -2.78. The molecule has 2 N–H and O–H groups in total. The standard InChI is InChI=1S/C20H21FN4O3S/c1-29(27,28)25-10-4-7-18(25)20(26)22-14-8-9-16-17(12-14)24-19(23-16)11-13-5-2-3-6-15(13)21/h2-3,5-6,8-9,12,18H,4,7,10-11H2,1H3,(H,22,26)(H,23,24). The highest BCUT2D eigenvalue weighted by atomic mass is 32.2. The lowest BCUT2D eigenvalue weighted by Gasteiger charge is -2.21. The Kier molecular flexibility index (Phi) is 5.10. The monoisotopic (exact) mass is 416 g/mol. The number of carbonyl (C=O) groups is 1. The van der Waals surface area contributed by atoms with Gasteiger partial charge in [-0.3, -0.25) is 4.79 Å². The van der Waals surface area contributed by atoms with E-state index >= 15 is 0 Å². The molecule has 29 heavy (non-hydrogen) atoms. The smallest absolute Gasteiger partial charge is 0.242 e. The highest BCUT2D eigenvalue weighted by Gasteiger charge is 2.36. The van der Waals surface area contributed by atoms with E-state index in [2.05, 4.69) is 15.3 Å². The summed E-state index contributed by atoms with van der Waals surface area (Å²) in [5, 5.41) is 2.79. The molecular formula is C20H21FN4O3S. The topological polar surface area (TPSA) is 95.2 Å². The molecule has 1 aliphatic heterocycles. The molecule has 0 saturated carbocycles. The van der Waals surface area contributed by atoms with Gasteiger partial charge in [-0.05, 0) is 42.7 Å². The molecule has 152 valence electrons. The molecule has 1 unspecified atom stereocenters. The largest absolute Gasteiger partial charge is 0.342 e. The van der Waals surface area contributed by atoms with Gasteiger partial charge in [0.2, 0.25) is 15.9 Å². The van der Waals surface area contributed by atoms with Gasteiger partial charge in [0.1, 0.15) is 17.7 Å². The van der Waals surface area contributed by atoms with Crippen molar-refractivity contribution in [2.75, 3.05) is 18.1 Å². The second kappa shape index (κ2) is 7.57. The average Bonchev–Trinajstić information content (AvgIpc) is 3.29. The summed E-state index contributed by atoms with van der Waals surface area (Å²) < 4.78 is 38.8. The molecular weight excluding hydrogens is 395 g/mol. The first-order valence-corrected chi connectivity index (χ1v) is 11.2. The molecule has 2 aromatic carbocycles. The van der Waals surface area contributed by atoms with Gasteiger partial charge in [-0.25, -0.2) is 17.8 Å². The summed E-state index contributed by atoms with van der Waals surface area (Å²) in [6.45, 7) is 0.357. The second-order valence-corrected chi connectivity index (χ2v) is 9.14. The van der Waals surface area contributed by atoms with Crippen molar-refractivity contribution in [2.24, 2.45) is 0 Å². The van der Waals surface area contributed by atoms with Crippen molar-refractivity contribution in [1.29, 1.82) is 0 Å². The number of sulfonamides is 1. The number of halogens is 1. The van der Waals surface area contributed by atoms with Crippen LogP contribution in [0.2, 0.25) is 0 Å². The third-order valence-electron chi connectivity index (χ3n) is 5.05. The van der Waals surface area contributed by atoms with Crippen molar-refractivity contribution < 1.29 is 17.6 Å². The summed E-state index contributed by atoms with van der Waals surface area (Å²) in [4.78, 5) is 20.2. The number of anilines is 1. The third-order valence-corrected chi connectivity index (χ3v) is 6.34. The summed E-state index contributed by atoms with van der Waals surface area (Å²) in [6.07, 6.45) is 2.60. The Morgan fingerprint density at radius 2 is 2.10 bits per heavy atom. The summed E-state index contributed by atoms with van der Waals surface area (Å²) in [6, 6.07) is 11.1. The minimum atomic E-state index is -3.43. The van der Waals surface area contributed by atoms with Crippen LogP contribution in [0.1, 0.15) is 24.2 Å². The Balaban J connectivity index is 1.52. The zero-order valence-corrected chi connectivity index (χ0v) is 16.7. The van der Waals surface area contributed by atoms with E-state index in [1.165, 1.54) is 10.4 Å². The SMILES string of the molecule is CS(=O)(=O)N1CCCC1C(=O)Nc1ccc2nc(Cc3ccccc3F)[nH]c2c1.